The first-order valence-electron chi connectivity index (χ1n) is 9.67. The van der Waals surface area contributed by atoms with Crippen LogP contribution in [0.5, 0.6) is 11.5 Å². The molecule has 3 rings (SSSR count). The number of hydrogen-bond donors (Lipinski definition) is 2. The Morgan fingerprint density at radius 1 is 1.20 bits per heavy atom. The minimum absolute atomic E-state index is 0.630. The molecule has 0 aromatic heterocycles. The highest BCUT2D eigenvalue weighted by Gasteiger charge is 2.25. The number of carbonyl (C=O) groups excluding carboxylic acids is 1. The van der Waals surface area contributed by atoms with Crippen LogP contribution in [0.25, 0.3) is 0 Å². The van der Waals surface area contributed by atoms with E-state index in [0.717, 1.165) is 28.2 Å². The van der Waals surface area contributed by atoms with Gasteiger partial charge in [-0.25, -0.2) is 0 Å². The number of ether oxygens (including phenoxy) is 2. The number of rotatable bonds is 9. The van der Waals surface area contributed by atoms with Crippen molar-refractivity contribution in [1.82, 2.24) is 4.72 Å². The SMILES string of the molecule is CNSc1c(OC)cccc1OC.N/C=C\C=NCc1ccc(C=O)cc1C1CC1. The molecule has 6 nitrogen and oxygen atoms in total. The van der Waals surface area contributed by atoms with E-state index in [0.29, 0.717) is 12.5 Å². The summed E-state index contributed by atoms with van der Waals surface area (Å²) in [6, 6.07) is 11.6. The second-order valence-electron chi connectivity index (χ2n) is 6.52. The van der Waals surface area contributed by atoms with Crippen LogP contribution >= 0.6 is 11.9 Å². The van der Waals surface area contributed by atoms with Crippen molar-refractivity contribution in [2.45, 2.75) is 30.2 Å². The van der Waals surface area contributed by atoms with Crippen LogP contribution in [-0.4, -0.2) is 33.8 Å². The van der Waals surface area contributed by atoms with E-state index in [1.807, 2.05) is 43.4 Å². The number of aliphatic imine (C=N–C) groups is 1. The van der Waals surface area contributed by atoms with E-state index in [1.165, 1.54) is 42.1 Å². The minimum atomic E-state index is 0.630. The summed E-state index contributed by atoms with van der Waals surface area (Å²) in [6.45, 7) is 0.648. The van der Waals surface area contributed by atoms with Gasteiger partial charge in [0.05, 0.1) is 20.8 Å². The van der Waals surface area contributed by atoms with E-state index in [1.54, 1.807) is 26.5 Å². The Hall–Kier alpha value is -2.77. The molecule has 2 aromatic rings. The third-order valence-corrected chi connectivity index (χ3v) is 5.28. The molecule has 0 bridgehead atoms. The zero-order valence-corrected chi connectivity index (χ0v) is 18.4. The standard InChI is InChI=1S/C14H16N2O.C9H13NO2S/c15-6-1-7-16-9-13-3-2-11(10-17)8-14(13)12-4-5-12;1-10-13-9-7(11-2)5-4-6-8(9)12-3/h1-3,6-8,10,12H,4-5,9,15H2;4-6,10H,1-3H3/b6-1-,16-7?;. The largest absolute Gasteiger partial charge is 0.495 e. The lowest BCUT2D eigenvalue weighted by molar-refractivity contribution is 0.112. The Morgan fingerprint density at radius 3 is 2.43 bits per heavy atom. The second-order valence-corrected chi connectivity index (χ2v) is 7.54. The van der Waals surface area contributed by atoms with Gasteiger partial charge in [-0.05, 0) is 79.4 Å². The Morgan fingerprint density at radius 2 is 1.90 bits per heavy atom. The predicted octanol–water partition coefficient (Wildman–Crippen LogP) is 4.35. The molecule has 3 N–H and O–H groups in total. The number of allylic oxidation sites excluding steroid dienone is 1. The molecule has 1 aliphatic rings. The highest BCUT2D eigenvalue weighted by atomic mass is 32.2. The van der Waals surface area contributed by atoms with Crippen molar-refractivity contribution in [1.29, 1.82) is 0 Å². The molecule has 0 heterocycles. The van der Waals surface area contributed by atoms with E-state index in [9.17, 15) is 4.79 Å². The normalized spacial score (nSPS) is 13.2. The topological polar surface area (TPSA) is 85.9 Å². The number of methoxy groups -OCH3 is 2. The number of hydrogen-bond acceptors (Lipinski definition) is 7. The van der Waals surface area contributed by atoms with Crippen LogP contribution in [0.2, 0.25) is 0 Å². The zero-order chi connectivity index (χ0) is 21.8. The number of benzene rings is 2. The molecule has 0 atom stereocenters. The summed E-state index contributed by atoms with van der Waals surface area (Å²) in [5.74, 6) is 2.27. The fourth-order valence-electron chi connectivity index (χ4n) is 2.89. The summed E-state index contributed by atoms with van der Waals surface area (Å²) in [6.07, 6.45) is 8.21. The monoisotopic (exact) mass is 427 g/mol. The van der Waals surface area contributed by atoms with Crippen molar-refractivity contribution in [3.05, 3.63) is 65.4 Å². The lowest BCUT2D eigenvalue weighted by Crippen LogP contribution is -1.96. The Bertz CT molecular complexity index is 858. The number of nitrogens with zero attached hydrogens (tertiary/aromatic N) is 1. The average molecular weight is 428 g/mol. The Kier molecular flexibility index (Phi) is 9.97. The van der Waals surface area contributed by atoms with Crippen molar-refractivity contribution in [2.75, 3.05) is 21.3 Å². The van der Waals surface area contributed by atoms with Gasteiger partial charge in [0, 0.05) is 11.8 Å². The van der Waals surface area contributed by atoms with E-state index < -0.39 is 0 Å². The van der Waals surface area contributed by atoms with Gasteiger partial charge in [0.1, 0.15) is 22.7 Å². The van der Waals surface area contributed by atoms with Crippen molar-refractivity contribution in [3.8, 4) is 11.5 Å². The van der Waals surface area contributed by atoms with Crippen LogP contribution < -0.4 is 19.9 Å². The molecular formula is C23H29N3O3S. The summed E-state index contributed by atoms with van der Waals surface area (Å²) in [7, 11) is 5.15. The Labute approximate surface area is 182 Å². The van der Waals surface area contributed by atoms with E-state index in [-0.39, 0.29) is 0 Å². The maximum atomic E-state index is 10.8. The van der Waals surface area contributed by atoms with Crippen LogP contribution in [0, 0.1) is 0 Å². The van der Waals surface area contributed by atoms with Crippen molar-refractivity contribution >= 4 is 24.4 Å². The maximum absolute atomic E-state index is 10.8. The predicted molar refractivity (Wildman–Crippen MR) is 124 cm³/mol. The lowest BCUT2D eigenvalue weighted by Gasteiger charge is -2.10. The summed E-state index contributed by atoms with van der Waals surface area (Å²) in [4.78, 5) is 16.0. The fraction of sp³-hybridized carbons (Fsp3) is 0.304. The van der Waals surface area contributed by atoms with Gasteiger partial charge in [-0.1, -0.05) is 18.2 Å². The first-order valence-corrected chi connectivity index (χ1v) is 10.5. The quantitative estimate of drug-likeness (QED) is 0.352. The third kappa shape index (κ3) is 6.93. The van der Waals surface area contributed by atoms with Crippen LogP contribution in [-0.2, 0) is 6.54 Å². The molecule has 2 aromatic carbocycles. The summed E-state index contributed by atoms with van der Waals surface area (Å²) >= 11 is 1.48. The van der Waals surface area contributed by atoms with E-state index >= 15 is 0 Å². The lowest BCUT2D eigenvalue weighted by atomic mass is 10.0. The second kappa shape index (κ2) is 12.7. The molecule has 7 heteroatoms. The molecule has 0 aliphatic heterocycles. The number of nitrogens with two attached hydrogens (primary N) is 1. The van der Waals surface area contributed by atoms with Gasteiger partial charge in [-0.3, -0.25) is 14.5 Å². The Balaban J connectivity index is 0.000000222. The molecule has 0 amide bonds. The van der Waals surface area contributed by atoms with Gasteiger partial charge in [0.2, 0.25) is 0 Å². The molecular weight excluding hydrogens is 398 g/mol. The molecule has 160 valence electrons. The smallest absolute Gasteiger partial charge is 0.150 e. The minimum Gasteiger partial charge on any atom is -0.495 e. The summed E-state index contributed by atoms with van der Waals surface area (Å²) < 4.78 is 13.4. The summed E-state index contributed by atoms with van der Waals surface area (Å²) in [5.41, 5.74) is 8.46. The van der Waals surface area contributed by atoms with Gasteiger partial charge < -0.3 is 15.2 Å². The highest BCUT2D eigenvalue weighted by Crippen LogP contribution is 2.42. The molecule has 30 heavy (non-hydrogen) atoms. The highest BCUT2D eigenvalue weighted by molar-refractivity contribution is 7.97. The molecule has 0 unspecified atom stereocenters. The fourth-order valence-corrected chi connectivity index (χ4v) is 3.59. The van der Waals surface area contributed by atoms with Gasteiger partial charge >= 0.3 is 0 Å². The van der Waals surface area contributed by atoms with E-state index in [2.05, 4.69) is 9.71 Å². The number of aldehydes is 1. The van der Waals surface area contributed by atoms with Crippen LogP contribution in [0.15, 0.2) is 58.6 Å². The molecule has 1 fully saturated rings. The summed E-state index contributed by atoms with van der Waals surface area (Å²) in [5, 5.41) is 0. The number of carbonyl (C=O) groups is 1. The van der Waals surface area contributed by atoms with Crippen molar-refractivity contribution in [2.24, 2.45) is 10.7 Å². The van der Waals surface area contributed by atoms with Crippen molar-refractivity contribution in [3.63, 3.8) is 0 Å². The third-order valence-electron chi connectivity index (χ3n) is 4.47. The van der Waals surface area contributed by atoms with Gasteiger partial charge in [0.15, 0.2) is 0 Å². The maximum Gasteiger partial charge on any atom is 0.150 e. The van der Waals surface area contributed by atoms with Gasteiger partial charge in [-0.2, -0.15) is 0 Å². The molecule has 1 saturated carbocycles. The van der Waals surface area contributed by atoms with Crippen LogP contribution in [0.4, 0.5) is 0 Å². The first kappa shape index (κ1) is 23.5. The first-order chi connectivity index (χ1) is 14.7. The van der Waals surface area contributed by atoms with Crippen LogP contribution in [0.3, 0.4) is 0 Å². The molecule has 0 spiro atoms. The molecule has 0 saturated heterocycles. The zero-order valence-electron chi connectivity index (χ0n) is 17.6. The van der Waals surface area contributed by atoms with Crippen LogP contribution in [0.1, 0.15) is 40.2 Å². The number of nitrogens with one attached hydrogen (secondary N) is 1. The van der Waals surface area contributed by atoms with Crippen molar-refractivity contribution < 1.29 is 14.3 Å². The van der Waals surface area contributed by atoms with E-state index in [4.69, 9.17) is 15.2 Å². The van der Waals surface area contributed by atoms with Gasteiger partial charge in [0.25, 0.3) is 0 Å². The molecule has 0 radical (unpaired) electrons. The average Bonchev–Trinajstić information content (AvgIpc) is 3.63. The molecule has 1 aliphatic carbocycles. The van der Waals surface area contributed by atoms with Gasteiger partial charge in [-0.15, -0.1) is 0 Å².